The molecule has 0 amide bonds. The Morgan fingerprint density at radius 1 is 1.05 bits per heavy atom. The van der Waals surface area contributed by atoms with Gasteiger partial charge in [0.05, 0.1) is 18.0 Å². The molecule has 0 radical (unpaired) electrons. The van der Waals surface area contributed by atoms with Gasteiger partial charge in [0.15, 0.2) is 0 Å². The van der Waals surface area contributed by atoms with Crippen molar-refractivity contribution in [1.29, 1.82) is 0 Å². The number of hydrogen-bond donors (Lipinski definition) is 3. The maximum absolute atomic E-state index is 10.5. The molecule has 22 heavy (non-hydrogen) atoms. The van der Waals surface area contributed by atoms with Gasteiger partial charge in [-0.25, -0.2) is 0 Å². The molecule has 3 N–H and O–H groups in total. The molecule has 0 saturated carbocycles. The molecule has 0 aliphatic rings. The quantitative estimate of drug-likeness (QED) is 0.653. The molecular weight excluding hydrogens is 330 g/mol. The predicted octanol–water partition coefficient (Wildman–Crippen LogP) is 2.04. The van der Waals surface area contributed by atoms with Crippen LogP contribution in [0.1, 0.15) is 11.1 Å². The summed E-state index contributed by atoms with van der Waals surface area (Å²) in [6, 6.07) is 6.75. The number of hydrogen-bond acceptors (Lipinski definition) is 7. The first-order valence-electron chi connectivity index (χ1n) is 6.04. The van der Waals surface area contributed by atoms with E-state index in [4.69, 9.17) is 19.2 Å². The number of nitrogens with zero attached hydrogens (tertiary/aromatic N) is 2. The molecule has 0 aromatic carbocycles. The van der Waals surface area contributed by atoms with Gasteiger partial charge in [-0.1, -0.05) is 0 Å². The molecule has 8 nitrogen and oxygen atoms in total. The summed E-state index contributed by atoms with van der Waals surface area (Å²) in [5, 5.41) is 0. The minimum Gasteiger partial charge on any atom is -0.328 e. The molecule has 10 heteroatoms. The van der Waals surface area contributed by atoms with Crippen LogP contribution in [0.3, 0.4) is 0 Å². The van der Waals surface area contributed by atoms with Crippen LogP contribution in [0.15, 0.2) is 36.7 Å². The highest BCUT2D eigenvalue weighted by Crippen LogP contribution is 2.27. The van der Waals surface area contributed by atoms with Gasteiger partial charge in [0, 0.05) is 17.0 Å². The third-order valence-corrected chi connectivity index (χ3v) is 3.31. The van der Waals surface area contributed by atoms with Crippen molar-refractivity contribution >= 4 is 16.9 Å². The van der Waals surface area contributed by atoms with Crippen molar-refractivity contribution in [1.82, 2.24) is 9.97 Å². The standard InChI is InChI=1S/C12H12N2O6P2/c15-21(16)19-7-9-1-3-13-11(5-9)12-6-10(2-4-14-12)8-20-22(17)18/h1-6,15-16H,7-8H2/p+1. The van der Waals surface area contributed by atoms with Crippen LogP contribution in [-0.2, 0) is 26.8 Å². The lowest BCUT2D eigenvalue weighted by Gasteiger charge is -2.06. The van der Waals surface area contributed by atoms with E-state index in [-0.39, 0.29) is 13.2 Å². The minimum absolute atomic E-state index is 0.0106. The van der Waals surface area contributed by atoms with Crippen LogP contribution < -0.4 is 0 Å². The average molecular weight is 343 g/mol. The van der Waals surface area contributed by atoms with Crippen LogP contribution in [0, 0.1) is 0 Å². The molecule has 0 spiro atoms. The highest BCUT2D eigenvalue weighted by molar-refractivity contribution is 7.39. The summed E-state index contributed by atoms with van der Waals surface area (Å²) in [4.78, 5) is 34.5. The van der Waals surface area contributed by atoms with Gasteiger partial charge in [0.2, 0.25) is 0 Å². The van der Waals surface area contributed by atoms with Crippen LogP contribution in [0.5, 0.6) is 0 Å². The van der Waals surface area contributed by atoms with Crippen LogP contribution in [0.4, 0.5) is 0 Å². The van der Waals surface area contributed by atoms with Gasteiger partial charge in [-0.05, 0) is 35.4 Å². The molecular formula is C12H13N2O6P2+. The van der Waals surface area contributed by atoms with Crippen LogP contribution >= 0.6 is 16.9 Å². The zero-order chi connectivity index (χ0) is 15.9. The molecule has 2 rings (SSSR count). The number of rotatable bonds is 7. The van der Waals surface area contributed by atoms with Crippen molar-refractivity contribution in [3.05, 3.63) is 47.8 Å². The Labute approximate surface area is 128 Å². The first-order chi connectivity index (χ1) is 10.5. The van der Waals surface area contributed by atoms with E-state index in [0.29, 0.717) is 22.5 Å². The zero-order valence-electron chi connectivity index (χ0n) is 11.2. The first kappa shape index (κ1) is 17.0. The van der Waals surface area contributed by atoms with Gasteiger partial charge in [0.1, 0.15) is 6.61 Å². The van der Waals surface area contributed by atoms with Crippen molar-refractivity contribution in [3.8, 4) is 11.4 Å². The lowest BCUT2D eigenvalue weighted by atomic mass is 10.1. The molecule has 0 aliphatic carbocycles. The van der Waals surface area contributed by atoms with E-state index in [9.17, 15) is 4.57 Å². The molecule has 0 aliphatic heterocycles. The fourth-order valence-electron chi connectivity index (χ4n) is 1.67. The Morgan fingerprint density at radius 3 is 2.09 bits per heavy atom. The number of pyridine rings is 2. The molecule has 2 aromatic heterocycles. The van der Waals surface area contributed by atoms with E-state index in [0.717, 1.165) is 0 Å². The van der Waals surface area contributed by atoms with Gasteiger partial charge < -0.3 is 14.3 Å². The molecule has 0 saturated heterocycles. The van der Waals surface area contributed by atoms with Gasteiger partial charge in [-0.3, -0.25) is 9.97 Å². The van der Waals surface area contributed by atoms with E-state index in [1.54, 1.807) is 36.7 Å². The highest BCUT2D eigenvalue weighted by Gasteiger charge is 2.13. The summed E-state index contributed by atoms with van der Waals surface area (Å²) in [6.07, 6.45) is 3.10. The van der Waals surface area contributed by atoms with Crippen molar-refractivity contribution < 1.29 is 28.3 Å². The Hall–Kier alpha value is -1.37. The molecule has 116 valence electrons. The maximum Gasteiger partial charge on any atom is 0.695 e. The van der Waals surface area contributed by atoms with Crippen LogP contribution in [-0.4, -0.2) is 24.6 Å². The average Bonchev–Trinajstić information content (AvgIpc) is 2.51. The summed E-state index contributed by atoms with van der Waals surface area (Å²) in [5.41, 5.74) is 2.52. The SMILES string of the molecule is O=[P+](O)OCc1ccnc(-c2cc(COP(O)O)ccn2)c1. The molecule has 2 aromatic rings. The van der Waals surface area contributed by atoms with E-state index in [2.05, 4.69) is 14.5 Å². The van der Waals surface area contributed by atoms with Crippen LogP contribution in [0.2, 0.25) is 0 Å². The third kappa shape index (κ3) is 5.44. The molecule has 0 fully saturated rings. The summed E-state index contributed by atoms with van der Waals surface area (Å²) >= 11 is 0. The first-order valence-corrected chi connectivity index (χ1v) is 8.34. The van der Waals surface area contributed by atoms with Crippen molar-refractivity contribution in [2.24, 2.45) is 0 Å². The van der Waals surface area contributed by atoms with E-state index in [1.165, 1.54) is 0 Å². The van der Waals surface area contributed by atoms with Crippen LogP contribution in [0.25, 0.3) is 11.4 Å². The monoisotopic (exact) mass is 343 g/mol. The largest absolute Gasteiger partial charge is 0.695 e. The maximum atomic E-state index is 10.5. The van der Waals surface area contributed by atoms with Gasteiger partial charge in [0.25, 0.3) is 0 Å². The fraction of sp³-hybridized carbons (Fsp3) is 0.167. The summed E-state index contributed by atoms with van der Waals surface area (Å²) in [6.45, 7) is 0.0331. The summed E-state index contributed by atoms with van der Waals surface area (Å²) < 4.78 is 19.9. The van der Waals surface area contributed by atoms with E-state index in [1.807, 2.05) is 0 Å². The minimum atomic E-state index is -2.65. The van der Waals surface area contributed by atoms with Crippen molar-refractivity contribution in [3.63, 3.8) is 0 Å². The Morgan fingerprint density at radius 2 is 1.59 bits per heavy atom. The Bertz CT molecular complexity index is 655. The molecule has 0 bridgehead atoms. The second kappa shape index (κ2) is 8.31. The van der Waals surface area contributed by atoms with Crippen molar-refractivity contribution in [2.45, 2.75) is 13.2 Å². The lowest BCUT2D eigenvalue weighted by Crippen LogP contribution is -1.94. The van der Waals surface area contributed by atoms with Gasteiger partial charge in [-0.15, -0.1) is 9.42 Å². The molecule has 1 atom stereocenters. The second-order valence-electron chi connectivity index (χ2n) is 4.14. The topological polar surface area (TPSA) is 122 Å². The second-order valence-corrected chi connectivity index (χ2v) is 5.63. The normalized spacial score (nSPS) is 11.7. The van der Waals surface area contributed by atoms with E-state index >= 15 is 0 Å². The summed E-state index contributed by atoms with van der Waals surface area (Å²) in [7, 11) is -5.06. The van der Waals surface area contributed by atoms with E-state index < -0.39 is 16.9 Å². The van der Waals surface area contributed by atoms with Gasteiger partial charge >= 0.3 is 16.9 Å². The predicted molar refractivity (Wildman–Crippen MR) is 78.2 cm³/mol. The van der Waals surface area contributed by atoms with Crippen molar-refractivity contribution in [2.75, 3.05) is 0 Å². The lowest BCUT2D eigenvalue weighted by molar-refractivity contribution is 0.246. The Balaban J connectivity index is 2.15. The van der Waals surface area contributed by atoms with Gasteiger partial charge in [-0.2, -0.15) is 0 Å². The zero-order valence-corrected chi connectivity index (χ0v) is 13.0. The third-order valence-electron chi connectivity index (χ3n) is 2.60. The summed E-state index contributed by atoms with van der Waals surface area (Å²) in [5.74, 6) is 0. The highest BCUT2D eigenvalue weighted by atomic mass is 31.2. The fourth-order valence-corrected chi connectivity index (χ4v) is 2.19. The number of aromatic nitrogens is 2. The Kier molecular flexibility index (Phi) is 6.42. The molecule has 1 unspecified atom stereocenters. The molecule has 2 heterocycles. The smallest absolute Gasteiger partial charge is 0.328 e.